The standard InChI is InChI=1S/C12H18N2O2/c1-12(9-4-5-9)11(16)13-6-10(15)14(12)7-8-2-3-8/h8-9H,2-7H2,1H3,(H,13,16). The van der Waals surface area contributed by atoms with Crippen LogP contribution in [0.5, 0.6) is 0 Å². The van der Waals surface area contributed by atoms with Crippen LogP contribution in [0.3, 0.4) is 0 Å². The van der Waals surface area contributed by atoms with Crippen LogP contribution in [0.25, 0.3) is 0 Å². The van der Waals surface area contributed by atoms with Crippen LogP contribution in [0.15, 0.2) is 0 Å². The van der Waals surface area contributed by atoms with E-state index in [1.165, 1.54) is 12.8 Å². The maximum Gasteiger partial charge on any atom is 0.246 e. The number of nitrogens with zero attached hydrogens (tertiary/aromatic N) is 1. The lowest BCUT2D eigenvalue weighted by Crippen LogP contribution is -2.67. The van der Waals surface area contributed by atoms with Crippen LogP contribution in [-0.4, -0.2) is 35.3 Å². The largest absolute Gasteiger partial charge is 0.345 e. The lowest BCUT2D eigenvalue weighted by molar-refractivity contribution is -0.154. The number of amides is 2. The van der Waals surface area contributed by atoms with Crippen molar-refractivity contribution >= 4 is 11.8 Å². The quantitative estimate of drug-likeness (QED) is 0.757. The molecule has 3 fully saturated rings. The summed E-state index contributed by atoms with van der Waals surface area (Å²) >= 11 is 0. The predicted octanol–water partition coefficient (Wildman–Crippen LogP) is 0.523. The van der Waals surface area contributed by atoms with Gasteiger partial charge in [0.25, 0.3) is 0 Å². The average Bonchev–Trinajstić information content (AvgIpc) is 3.11. The van der Waals surface area contributed by atoms with E-state index in [9.17, 15) is 9.59 Å². The third kappa shape index (κ3) is 1.43. The third-order valence-electron chi connectivity index (χ3n) is 4.23. The van der Waals surface area contributed by atoms with Gasteiger partial charge in [-0.05, 0) is 44.4 Å². The second-order valence-corrected chi connectivity index (χ2v) is 5.55. The van der Waals surface area contributed by atoms with Gasteiger partial charge in [0.2, 0.25) is 11.8 Å². The molecule has 1 atom stereocenters. The van der Waals surface area contributed by atoms with Crippen molar-refractivity contribution < 1.29 is 9.59 Å². The smallest absolute Gasteiger partial charge is 0.246 e. The first kappa shape index (κ1) is 10.1. The summed E-state index contributed by atoms with van der Waals surface area (Å²) < 4.78 is 0. The molecule has 2 saturated carbocycles. The molecular weight excluding hydrogens is 204 g/mol. The number of rotatable bonds is 3. The Morgan fingerprint density at radius 2 is 2.00 bits per heavy atom. The summed E-state index contributed by atoms with van der Waals surface area (Å²) in [6.07, 6.45) is 4.59. The highest BCUT2D eigenvalue weighted by atomic mass is 16.2. The summed E-state index contributed by atoms with van der Waals surface area (Å²) in [5, 5.41) is 2.74. The van der Waals surface area contributed by atoms with E-state index in [-0.39, 0.29) is 18.4 Å². The molecule has 2 amide bonds. The van der Waals surface area contributed by atoms with Gasteiger partial charge in [0, 0.05) is 6.54 Å². The molecular formula is C12H18N2O2. The van der Waals surface area contributed by atoms with E-state index in [4.69, 9.17) is 0 Å². The molecule has 0 aromatic rings. The van der Waals surface area contributed by atoms with Gasteiger partial charge >= 0.3 is 0 Å². The number of carbonyl (C=O) groups excluding carboxylic acids is 2. The number of nitrogens with one attached hydrogen (secondary N) is 1. The Hall–Kier alpha value is -1.06. The molecule has 2 aliphatic carbocycles. The topological polar surface area (TPSA) is 49.4 Å². The SMILES string of the molecule is CC1(C2CC2)C(=O)NCC(=O)N1CC1CC1. The van der Waals surface area contributed by atoms with Gasteiger partial charge in [-0.2, -0.15) is 0 Å². The first-order valence-electron chi connectivity index (χ1n) is 6.21. The predicted molar refractivity (Wildman–Crippen MR) is 58.6 cm³/mol. The van der Waals surface area contributed by atoms with Crippen molar-refractivity contribution in [1.82, 2.24) is 10.2 Å². The Labute approximate surface area is 95.4 Å². The molecule has 3 aliphatic rings. The molecule has 4 nitrogen and oxygen atoms in total. The number of piperazine rings is 1. The lowest BCUT2D eigenvalue weighted by Gasteiger charge is -2.44. The van der Waals surface area contributed by atoms with Crippen LogP contribution in [-0.2, 0) is 9.59 Å². The van der Waals surface area contributed by atoms with Crippen molar-refractivity contribution in [1.29, 1.82) is 0 Å². The molecule has 4 heteroatoms. The second-order valence-electron chi connectivity index (χ2n) is 5.55. The Morgan fingerprint density at radius 1 is 1.31 bits per heavy atom. The van der Waals surface area contributed by atoms with Gasteiger partial charge in [-0.25, -0.2) is 0 Å². The number of hydrogen-bond donors (Lipinski definition) is 1. The zero-order valence-corrected chi connectivity index (χ0v) is 9.66. The van der Waals surface area contributed by atoms with Crippen LogP contribution < -0.4 is 5.32 Å². The van der Waals surface area contributed by atoms with E-state index in [1.807, 2.05) is 11.8 Å². The maximum absolute atomic E-state index is 12.1. The van der Waals surface area contributed by atoms with E-state index in [0.717, 1.165) is 19.4 Å². The fourth-order valence-electron chi connectivity index (χ4n) is 2.71. The van der Waals surface area contributed by atoms with E-state index in [1.54, 1.807) is 0 Å². The van der Waals surface area contributed by atoms with Crippen molar-refractivity contribution in [3.63, 3.8) is 0 Å². The van der Waals surface area contributed by atoms with Crippen molar-refractivity contribution in [2.45, 2.75) is 38.1 Å². The Morgan fingerprint density at radius 3 is 2.56 bits per heavy atom. The fourth-order valence-corrected chi connectivity index (χ4v) is 2.71. The minimum Gasteiger partial charge on any atom is -0.345 e. The highest BCUT2D eigenvalue weighted by Crippen LogP contribution is 2.45. The van der Waals surface area contributed by atoms with Crippen molar-refractivity contribution in [2.24, 2.45) is 11.8 Å². The molecule has 16 heavy (non-hydrogen) atoms. The maximum atomic E-state index is 12.1. The molecule has 0 aromatic heterocycles. The molecule has 1 saturated heterocycles. The normalized spacial score (nSPS) is 35.2. The second kappa shape index (κ2) is 3.22. The molecule has 0 bridgehead atoms. The molecule has 1 N–H and O–H groups in total. The molecule has 1 heterocycles. The van der Waals surface area contributed by atoms with Gasteiger partial charge in [0.05, 0.1) is 6.54 Å². The molecule has 1 unspecified atom stereocenters. The monoisotopic (exact) mass is 222 g/mol. The molecule has 3 rings (SSSR count). The molecule has 0 aromatic carbocycles. The zero-order chi connectivity index (χ0) is 11.3. The van der Waals surface area contributed by atoms with Crippen LogP contribution >= 0.6 is 0 Å². The van der Waals surface area contributed by atoms with Gasteiger partial charge in [-0.1, -0.05) is 0 Å². The Balaban J connectivity index is 1.87. The molecule has 1 aliphatic heterocycles. The van der Waals surface area contributed by atoms with E-state index >= 15 is 0 Å². The Bertz CT molecular complexity index is 347. The molecule has 0 radical (unpaired) electrons. The summed E-state index contributed by atoms with van der Waals surface area (Å²) in [7, 11) is 0. The van der Waals surface area contributed by atoms with Gasteiger partial charge in [0.15, 0.2) is 0 Å². The Kier molecular flexibility index (Phi) is 2.03. The third-order valence-corrected chi connectivity index (χ3v) is 4.23. The zero-order valence-electron chi connectivity index (χ0n) is 9.66. The molecule has 0 spiro atoms. The summed E-state index contributed by atoms with van der Waals surface area (Å²) in [4.78, 5) is 25.9. The molecule has 88 valence electrons. The van der Waals surface area contributed by atoms with Gasteiger partial charge in [0.1, 0.15) is 5.54 Å². The van der Waals surface area contributed by atoms with Crippen molar-refractivity contribution in [2.75, 3.05) is 13.1 Å². The van der Waals surface area contributed by atoms with Gasteiger partial charge in [-0.15, -0.1) is 0 Å². The first-order valence-corrected chi connectivity index (χ1v) is 6.21. The van der Waals surface area contributed by atoms with E-state index < -0.39 is 5.54 Å². The average molecular weight is 222 g/mol. The summed E-state index contributed by atoms with van der Waals surface area (Å²) in [5.41, 5.74) is -0.558. The summed E-state index contributed by atoms with van der Waals surface area (Å²) in [6.45, 7) is 2.92. The van der Waals surface area contributed by atoms with Gasteiger partial charge < -0.3 is 10.2 Å². The van der Waals surface area contributed by atoms with E-state index in [2.05, 4.69) is 5.32 Å². The summed E-state index contributed by atoms with van der Waals surface area (Å²) in [6, 6.07) is 0. The van der Waals surface area contributed by atoms with Crippen LogP contribution in [0.1, 0.15) is 32.6 Å². The van der Waals surface area contributed by atoms with Crippen molar-refractivity contribution in [3.05, 3.63) is 0 Å². The van der Waals surface area contributed by atoms with E-state index in [0.29, 0.717) is 11.8 Å². The van der Waals surface area contributed by atoms with Crippen LogP contribution in [0.2, 0.25) is 0 Å². The highest BCUT2D eigenvalue weighted by Gasteiger charge is 2.55. The first-order chi connectivity index (χ1) is 7.62. The minimum atomic E-state index is -0.558. The number of carbonyl (C=O) groups is 2. The summed E-state index contributed by atoms with van der Waals surface area (Å²) in [5.74, 6) is 1.18. The number of hydrogen-bond acceptors (Lipinski definition) is 2. The van der Waals surface area contributed by atoms with Gasteiger partial charge in [-0.3, -0.25) is 9.59 Å². The van der Waals surface area contributed by atoms with Crippen molar-refractivity contribution in [3.8, 4) is 0 Å². The van der Waals surface area contributed by atoms with Crippen LogP contribution in [0.4, 0.5) is 0 Å². The van der Waals surface area contributed by atoms with Crippen LogP contribution in [0, 0.1) is 11.8 Å². The fraction of sp³-hybridized carbons (Fsp3) is 0.833. The lowest BCUT2D eigenvalue weighted by atomic mass is 9.89. The highest BCUT2D eigenvalue weighted by molar-refractivity contribution is 5.98. The minimum absolute atomic E-state index is 0.0512.